The quantitative estimate of drug-likeness (QED) is 0.657. The Morgan fingerprint density at radius 1 is 1.70 bits per heavy atom. The number of halogens is 1. The van der Waals surface area contributed by atoms with Crippen molar-refractivity contribution in [3.05, 3.63) is 0 Å². The van der Waals surface area contributed by atoms with Crippen molar-refractivity contribution >= 4 is 18.4 Å². The van der Waals surface area contributed by atoms with E-state index in [4.69, 9.17) is 10.8 Å². The molecule has 0 fully saturated rings. The Hall–Kier alpha value is -0.280. The minimum absolute atomic E-state index is 0. The Morgan fingerprint density at radius 3 is 2.50 bits per heavy atom. The van der Waals surface area contributed by atoms with Crippen LogP contribution in [0.1, 0.15) is 26.2 Å². The summed E-state index contributed by atoms with van der Waals surface area (Å²) in [5.74, 6) is -0.809. The van der Waals surface area contributed by atoms with Crippen LogP contribution in [-0.4, -0.2) is 17.1 Å². The lowest BCUT2D eigenvalue weighted by atomic mass is 10.1. The van der Waals surface area contributed by atoms with Crippen molar-refractivity contribution in [2.45, 2.75) is 32.2 Å². The monoisotopic (exact) mass is 167 g/mol. The zero-order valence-electron chi connectivity index (χ0n) is 6.04. The summed E-state index contributed by atoms with van der Waals surface area (Å²) < 4.78 is 0. The molecule has 0 rings (SSSR count). The van der Waals surface area contributed by atoms with Gasteiger partial charge in [0.05, 0.1) is 6.42 Å². The molecule has 0 aliphatic rings. The third-order valence-corrected chi connectivity index (χ3v) is 1.10. The molecular formula is C6H14ClNO2. The molecule has 0 aromatic heterocycles. The maximum atomic E-state index is 10.0. The number of carboxylic acids is 1. The van der Waals surface area contributed by atoms with E-state index in [2.05, 4.69) is 0 Å². The molecule has 10 heavy (non-hydrogen) atoms. The lowest BCUT2D eigenvalue weighted by Crippen LogP contribution is -2.22. The molecule has 0 saturated carbocycles. The van der Waals surface area contributed by atoms with Crippen molar-refractivity contribution in [2.24, 2.45) is 5.73 Å². The third kappa shape index (κ3) is 7.72. The average molecular weight is 168 g/mol. The molecule has 3 nitrogen and oxygen atoms in total. The van der Waals surface area contributed by atoms with Crippen molar-refractivity contribution in [3.63, 3.8) is 0 Å². The first-order chi connectivity index (χ1) is 4.16. The maximum absolute atomic E-state index is 10.0. The normalized spacial score (nSPS) is 11.8. The largest absolute Gasteiger partial charge is 0.481 e. The van der Waals surface area contributed by atoms with E-state index in [1.54, 1.807) is 0 Å². The van der Waals surface area contributed by atoms with Crippen LogP contribution in [0.15, 0.2) is 0 Å². The molecule has 0 aliphatic heterocycles. The van der Waals surface area contributed by atoms with Crippen molar-refractivity contribution in [1.29, 1.82) is 0 Å². The van der Waals surface area contributed by atoms with Gasteiger partial charge >= 0.3 is 5.97 Å². The minimum Gasteiger partial charge on any atom is -0.481 e. The van der Waals surface area contributed by atoms with Crippen LogP contribution >= 0.6 is 12.4 Å². The maximum Gasteiger partial charge on any atom is 0.304 e. The molecule has 0 spiro atoms. The Labute approximate surface area is 67.0 Å². The van der Waals surface area contributed by atoms with Gasteiger partial charge < -0.3 is 10.8 Å². The smallest absolute Gasteiger partial charge is 0.304 e. The van der Waals surface area contributed by atoms with Gasteiger partial charge in [0.25, 0.3) is 0 Å². The number of nitrogens with two attached hydrogens (primary N) is 1. The summed E-state index contributed by atoms with van der Waals surface area (Å²) in [7, 11) is 0. The second-order valence-corrected chi connectivity index (χ2v) is 2.15. The minimum atomic E-state index is -0.809. The number of rotatable bonds is 4. The van der Waals surface area contributed by atoms with E-state index in [9.17, 15) is 4.79 Å². The molecule has 0 saturated heterocycles. The SMILES string of the molecule is CCC[C@H](N)CC(=O)O.Cl. The molecule has 4 heteroatoms. The fourth-order valence-electron chi connectivity index (χ4n) is 0.697. The van der Waals surface area contributed by atoms with Crippen LogP contribution in [0, 0.1) is 0 Å². The summed E-state index contributed by atoms with van der Waals surface area (Å²) in [6.45, 7) is 1.99. The number of carboxylic acid groups (broad SMARTS) is 1. The molecule has 0 heterocycles. The molecular weight excluding hydrogens is 154 g/mol. The molecule has 1 atom stereocenters. The number of aliphatic carboxylic acids is 1. The van der Waals surface area contributed by atoms with Crippen molar-refractivity contribution in [1.82, 2.24) is 0 Å². The van der Waals surface area contributed by atoms with Crippen LogP contribution in [0.4, 0.5) is 0 Å². The predicted octanol–water partition coefficient (Wildman–Crippen LogP) is 1.01. The average Bonchev–Trinajstić information content (AvgIpc) is 1.63. The van der Waals surface area contributed by atoms with E-state index in [-0.39, 0.29) is 24.9 Å². The summed E-state index contributed by atoms with van der Waals surface area (Å²) in [6, 6.07) is -0.160. The molecule has 0 aromatic rings. The Kier molecular flexibility index (Phi) is 8.48. The topological polar surface area (TPSA) is 63.3 Å². The Morgan fingerprint density at radius 2 is 2.20 bits per heavy atom. The van der Waals surface area contributed by atoms with Crippen LogP contribution in [0.3, 0.4) is 0 Å². The number of hydrogen-bond acceptors (Lipinski definition) is 2. The molecule has 0 unspecified atom stereocenters. The summed E-state index contributed by atoms with van der Waals surface area (Å²) in [5.41, 5.74) is 5.40. The highest BCUT2D eigenvalue weighted by Gasteiger charge is 2.04. The molecule has 0 aromatic carbocycles. The molecule has 62 valence electrons. The van der Waals surface area contributed by atoms with Crippen LogP contribution in [0.5, 0.6) is 0 Å². The molecule has 0 bridgehead atoms. The lowest BCUT2D eigenvalue weighted by Gasteiger charge is -2.04. The first-order valence-corrected chi connectivity index (χ1v) is 3.14. The van der Waals surface area contributed by atoms with Crippen LogP contribution < -0.4 is 5.73 Å². The molecule has 3 N–H and O–H groups in total. The first-order valence-electron chi connectivity index (χ1n) is 3.14. The van der Waals surface area contributed by atoms with Gasteiger partial charge in [-0.25, -0.2) is 0 Å². The van der Waals surface area contributed by atoms with Crippen molar-refractivity contribution < 1.29 is 9.90 Å². The second kappa shape index (κ2) is 6.83. The van der Waals surface area contributed by atoms with Crippen LogP contribution in [0.25, 0.3) is 0 Å². The first kappa shape index (κ1) is 12.4. The van der Waals surface area contributed by atoms with Gasteiger partial charge in [-0.1, -0.05) is 13.3 Å². The summed E-state index contributed by atoms with van der Waals surface area (Å²) in [5, 5.41) is 8.23. The van der Waals surface area contributed by atoms with E-state index < -0.39 is 5.97 Å². The highest BCUT2D eigenvalue weighted by Crippen LogP contribution is 1.96. The van der Waals surface area contributed by atoms with Gasteiger partial charge in [-0.05, 0) is 6.42 Å². The zero-order valence-corrected chi connectivity index (χ0v) is 6.86. The molecule has 0 amide bonds. The summed E-state index contributed by atoms with van der Waals surface area (Å²) in [4.78, 5) is 10.0. The lowest BCUT2D eigenvalue weighted by molar-refractivity contribution is -0.137. The standard InChI is InChI=1S/C6H13NO2.ClH/c1-2-3-5(7)4-6(8)9;/h5H,2-4,7H2,1H3,(H,8,9);1H/t5-;/m0./s1. The van der Waals surface area contributed by atoms with Gasteiger partial charge in [-0.3, -0.25) is 4.79 Å². The van der Waals surface area contributed by atoms with Crippen LogP contribution in [0.2, 0.25) is 0 Å². The highest BCUT2D eigenvalue weighted by atomic mass is 35.5. The van der Waals surface area contributed by atoms with E-state index >= 15 is 0 Å². The second-order valence-electron chi connectivity index (χ2n) is 2.15. The van der Waals surface area contributed by atoms with Crippen molar-refractivity contribution in [3.8, 4) is 0 Å². The van der Waals surface area contributed by atoms with Gasteiger partial charge in [-0.15, -0.1) is 12.4 Å². The third-order valence-electron chi connectivity index (χ3n) is 1.10. The van der Waals surface area contributed by atoms with Gasteiger partial charge in [-0.2, -0.15) is 0 Å². The van der Waals surface area contributed by atoms with E-state index in [0.717, 1.165) is 12.8 Å². The van der Waals surface area contributed by atoms with Crippen molar-refractivity contribution in [2.75, 3.05) is 0 Å². The predicted molar refractivity (Wildman–Crippen MR) is 42.4 cm³/mol. The number of carbonyl (C=O) groups is 1. The highest BCUT2D eigenvalue weighted by molar-refractivity contribution is 5.85. The zero-order chi connectivity index (χ0) is 7.28. The van der Waals surface area contributed by atoms with Crippen LogP contribution in [-0.2, 0) is 4.79 Å². The number of hydrogen-bond donors (Lipinski definition) is 2. The molecule has 0 radical (unpaired) electrons. The summed E-state index contributed by atoms with van der Waals surface area (Å²) >= 11 is 0. The van der Waals surface area contributed by atoms with E-state index in [0.29, 0.717) is 0 Å². The van der Waals surface area contributed by atoms with Gasteiger partial charge in [0.15, 0.2) is 0 Å². The van der Waals surface area contributed by atoms with Gasteiger partial charge in [0, 0.05) is 6.04 Å². The van der Waals surface area contributed by atoms with Gasteiger partial charge in [0.2, 0.25) is 0 Å². The Balaban J connectivity index is 0. The molecule has 0 aliphatic carbocycles. The van der Waals surface area contributed by atoms with E-state index in [1.807, 2.05) is 6.92 Å². The van der Waals surface area contributed by atoms with Gasteiger partial charge in [0.1, 0.15) is 0 Å². The summed E-state index contributed by atoms with van der Waals surface area (Å²) in [6.07, 6.45) is 1.84. The van der Waals surface area contributed by atoms with E-state index in [1.165, 1.54) is 0 Å². The Bertz CT molecular complexity index is 97.7. The fourth-order valence-corrected chi connectivity index (χ4v) is 0.697. The fraction of sp³-hybridized carbons (Fsp3) is 0.833.